The average molecular weight is 622 g/mol. The Morgan fingerprint density at radius 1 is 0.489 bits per heavy atom. The number of hydrogen-bond donors (Lipinski definition) is 0. The summed E-state index contributed by atoms with van der Waals surface area (Å²) in [5.74, 6) is 0. The summed E-state index contributed by atoms with van der Waals surface area (Å²) in [6.45, 7) is 16.3. The summed E-state index contributed by atoms with van der Waals surface area (Å²) in [4.78, 5) is 2.47. The molecule has 240 valence electrons. The Morgan fingerprint density at radius 2 is 0.894 bits per heavy atom. The van der Waals surface area contributed by atoms with Crippen LogP contribution in [0.2, 0.25) is 0 Å². The largest absolute Gasteiger partial charge is 0.376 e. The molecular formula is C44H47NO2. The van der Waals surface area contributed by atoms with Gasteiger partial charge in [0.25, 0.3) is 0 Å². The highest BCUT2D eigenvalue weighted by molar-refractivity contribution is 5.52. The molecule has 5 aromatic carbocycles. The standard InChI is InChI=1S/C44H47NO2/c1-5-36-8-20-42(21-9-36)32-46-27-25-38-12-16-40(17-13-38)30-45(44-24-7-34(3)35(4)29-44)31-41-18-14-39(15-19-41)26-28-47-33-43-22-10-37(6-2)11-23-43/h5-24,29H,1-2,25-28,30-33H2,3-4H3. The summed E-state index contributed by atoms with van der Waals surface area (Å²) in [7, 11) is 0. The van der Waals surface area contributed by atoms with E-state index in [-0.39, 0.29) is 0 Å². The SMILES string of the molecule is C=Cc1ccc(COCCc2ccc(CN(Cc3ccc(CCOCc4ccc(C=C)cc4)cc3)c3ccc(C)c(C)c3)cc2)cc1. The van der Waals surface area contributed by atoms with Gasteiger partial charge in [0, 0.05) is 18.8 Å². The monoisotopic (exact) mass is 621 g/mol. The van der Waals surface area contributed by atoms with E-state index >= 15 is 0 Å². The van der Waals surface area contributed by atoms with Crippen LogP contribution in [0, 0.1) is 13.8 Å². The van der Waals surface area contributed by atoms with Gasteiger partial charge in [-0.15, -0.1) is 0 Å². The minimum Gasteiger partial charge on any atom is -0.376 e. The first-order chi connectivity index (χ1) is 23.0. The Balaban J connectivity index is 1.14. The van der Waals surface area contributed by atoms with Crippen molar-refractivity contribution in [1.82, 2.24) is 0 Å². The van der Waals surface area contributed by atoms with Crippen LogP contribution in [-0.4, -0.2) is 13.2 Å². The molecule has 0 aliphatic carbocycles. The third-order valence-corrected chi connectivity index (χ3v) is 8.69. The van der Waals surface area contributed by atoms with E-state index in [1.54, 1.807) is 0 Å². The van der Waals surface area contributed by atoms with Crippen molar-refractivity contribution in [2.24, 2.45) is 0 Å². The molecule has 3 nitrogen and oxygen atoms in total. The Bertz CT molecular complexity index is 1600. The highest BCUT2D eigenvalue weighted by Gasteiger charge is 2.11. The second-order valence-corrected chi connectivity index (χ2v) is 12.3. The van der Waals surface area contributed by atoms with Crippen molar-refractivity contribution in [2.45, 2.75) is 53.0 Å². The maximum absolute atomic E-state index is 5.95. The number of benzene rings is 5. The molecule has 0 aliphatic rings. The summed E-state index contributed by atoms with van der Waals surface area (Å²) < 4.78 is 11.9. The molecule has 0 amide bonds. The maximum Gasteiger partial charge on any atom is 0.0717 e. The zero-order valence-corrected chi connectivity index (χ0v) is 28.0. The molecule has 5 aromatic rings. The van der Waals surface area contributed by atoms with Crippen LogP contribution in [0.15, 0.2) is 128 Å². The molecule has 5 rings (SSSR count). The van der Waals surface area contributed by atoms with Crippen molar-refractivity contribution >= 4 is 17.8 Å². The molecule has 0 heterocycles. The van der Waals surface area contributed by atoms with Gasteiger partial charge in [0.05, 0.1) is 26.4 Å². The van der Waals surface area contributed by atoms with Gasteiger partial charge in [-0.25, -0.2) is 0 Å². The predicted octanol–water partition coefficient (Wildman–Crippen LogP) is 10.3. The minimum atomic E-state index is 0.626. The Morgan fingerprint density at radius 3 is 1.30 bits per heavy atom. The Hall–Kier alpha value is -4.70. The lowest BCUT2D eigenvalue weighted by Crippen LogP contribution is -2.22. The zero-order valence-electron chi connectivity index (χ0n) is 28.0. The lowest BCUT2D eigenvalue weighted by molar-refractivity contribution is 0.124. The average Bonchev–Trinajstić information content (AvgIpc) is 3.11. The molecule has 0 fully saturated rings. The van der Waals surface area contributed by atoms with Crippen LogP contribution in [0.5, 0.6) is 0 Å². The van der Waals surface area contributed by atoms with E-state index in [0.29, 0.717) is 26.4 Å². The Kier molecular flexibility index (Phi) is 12.4. The third-order valence-electron chi connectivity index (χ3n) is 8.69. The van der Waals surface area contributed by atoms with Crippen LogP contribution in [0.1, 0.15) is 55.6 Å². The van der Waals surface area contributed by atoms with Gasteiger partial charge in [-0.05, 0) is 94.5 Å². The molecule has 0 saturated heterocycles. The first-order valence-corrected chi connectivity index (χ1v) is 16.5. The maximum atomic E-state index is 5.95. The lowest BCUT2D eigenvalue weighted by Gasteiger charge is -2.26. The number of nitrogens with zero attached hydrogens (tertiary/aromatic N) is 1. The molecule has 0 N–H and O–H groups in total. The number of aryl methyl sites for hydroxylation is 2. The topological polar surface area (TPSA) is 21.7 Å². The number of rotatable bonds is 17. The first-order valence-electron chi connectivity index (χ1n) is 16.5. The smallest absolute Gasteiger partial charge is 0.0717 e. The van der Waals surface area contributed by atoms with E-state index < -0.39 is 0 Å². The van der Waals surface area contributed by atoms with Crippen LogP contribution in [0.3, 0.4) is 0 Å². The number of hydrogen-bond acceptors (Lipinski definition) is 3. The summed E-state index contributed by atoms with van der Waals surface area (Å²) in [5, 5.41) is 0. The van der Waals surface area contributed by atoms with Crippen LogP contribution >= 0.6 is 0 Å². The molecule has 0 radical (unpaired) electrons. The van der Waals surface area contributed by atoms with E-state index in [9.17, 15) is 0 Å². The molecule has 47 heavy (non-hydrogen) atoms. The predicted molar refractivity (Wildman–Crippen MR) is 198 cm³/mol. The second kappa shape index (κ2) is 17.3. The van der Waals surface area contributed by atoms with Crippen LogP contribution in [0.4, 0.5) is 5.69 Å². The van der Waals surface area contributed by atoms with Crippen LogP contribution < -0.4 is 4.90 Å². The Labute approximate surface area is 281 Å². The molecule has 0 spiro atoms. The van der Waals surface area contributed by atoms with Crippen LogP contribution in [0.25, 0.3) is 12.2 Å². The van der Waals surface area contributed by atoms with Crippen molar-refractivity contribution in [1.29, 1.82) is 0 Å². The van der Waals surface area contributed by atoms with Gasteiger partial charge in [0.15, 0.2) is 0 Å². The fourth-order valence-electron chi connectivity index (χ4n) is 5.48. The van der Waals surface area contributed by atoms with E-state index in [2.05, 4.69) is 147 Å². The fourth-order valence-corrected chi connectivity index (χ4v) is 5.48. The lowest BCUT2D eigenvalue weighted by atomic mass is 10.1. The summed E-state index contributed by atoms with van der Waals surface area (Å²) >= 11 is 0. The zero-order chi connectivity index (χ0) is 32.8. The highest BCUT2D eigenvalue weighted by atomic mass is 16.5. The van der Waals surface area contributed by atoms with E-state index in [1.807, 2.05) is 12.2 Å². The van der Waals surface area contributed by atoms with Gasteiger partial charge < -0.3 is 14.4 Å². The highest BCUT2D eigenvalue weighted by Crippen LogP contribution is 2.24. The normalized spacial score (nSPS) is 10.9. The third kappa shape index (κ3) is 10.4. The van der Waals surface area contributed by atoms with E-state index in [1.165, 1.54) is 50.2 Å². The second-order valence-electron chi connectivity index (χ2n) is 12.3. The van der Waals surface area contributed by atoms with E-state index in [4.69, 9.17) is 9.47 Å². The van der Waals surface area contributed by atoms with Crippen LogP contribution in [-0.2, 0) is 48.6 Å². The van der Waals surface area contributed by atoms with E-state index in [0.717, 1.165) is 37.1 Å². The van der Waals surface area contributed by atoms with Crippen molar-refractivity contribution < 1.29 is 9.47 Å². The van der Waals surface area contributed by atoms with Crippen molar-refractivity contribution in [3.05, 3.63) is 184 Å². The van der Waals surface area contributed by atoms with Gasteiger partial charge >= 0.3 is 0 Å². The number of anilines is 1. The van der Waals surface area contributed by atoms with Gasteiger partial charge in [-0.1, -0.05) is 128 Å². The van der Waals surface area contributed by atoms with Gasteiger partial charge in [0.1, 0.15) is 0 Å². The van der Waals surface area contributed by atoms with Crippen molar-refractivity contribution in [3.8, 4) is 0 Å². The van der Waals surface area contributed by atoms with Gasteiger partial charge in [0.2, 0.25) is 0 Å². The molecule has 0 unspecified atom stereocenters. The molecular weight excluding hydrogens is 574 g/mol. The van der Waals surface area contributed by atoms with Crippen molar-refractivity contribution in [3.63, 3.8) is 0 Å². The minimum absolute atomic E-state index is 0.626. The molecule has 0 aliphatic heterocycles. The quantitative estimate of drug-likeness (QED) is 0.0965. The van der Waals surface area contributed by atoms with Gasteiger partial charge in [-0.3, -0.25) is 0 Å². The molecule has 0 bridgehead atoms. The molecule has 0 atom stereocenters. The van der Waals surface area contributed by atoms with Gasteiger partial charge in [-0.2, -0.15) is 0 Å². The molecule has 0 saturated carbocycles. The van der Waals surface area contributed by atoms with Crippen molar-refractivity contribution in [2.75, 3.05) is 18.1 Å². The molecule has 0 aromatic heterocycles. The summed E-state index contributed by atoms with van der Waals surface area (Å²) in [6.07, 6.45) is 5.51. The number of ether oxygens (including phenoxy) is 2. The summed E-state index contributed by atoms with van der Waals surface area (Å²) in [5.41, 5.74) is 13.7. The summed E-state index contributed by atoms with van der Waals surface area (Å²) in [6, 6.07) is 41.5. The molecule has 3 heteroatoms. The fraction of sp³-hybridized carbons (Fsp3) is 0.227. The first kappa shape index (κ1) is 33.7.